The molecule has 1 atom stereocenters. The van der Waals surface area contributed by atoms with Gasteiger partial charge in [-0.25, -0.2) is 0 Å². The lowest BCUT2D eigenvalue weighted by Gasteiger charge is -2.27. The smallest absolute Gasteiger partial charge is 0.300 e. The van der Waals surface area contributed by atoms with E-state index in [-0.39, 0.29) is 16.7 Å². The number of ether oxygens (including phenoxy) is 1. The third-order valence-electron chi connectivity index (χ3n) is 6.85. The minimum Gasteiger partial charge on any atom is -0.507 e. The molecule has 5 nitrogen and oxygen atoms in total. The van der Waals surface area contributed by atoms with Crippen molar-refractivity contribution in [2.24, 2.45) is 0 Å². The number of nitrogens with zero attached hydrogens (tertiary/aromatic N) is 1. The maximum Gasteiger partial charge on any atom is 0.300 e. The summed E-state index contributed by atoms with van der Waals surface area (Å²) in [7, 11) is 1.52. The normalized spacial score (nSPS) is 17.4. The lowest BCUT2D eigenvalue weighted by Crippen LogP contribution is -2.29. The minimum atomic E-state index is -0.849. The minimum absolute atomic E-state index is 0.00788. The first kappa shape index (κ1) is 26.5. The summed E-state index contributed by atoms with van der Waals surface area (Å²) in [5, 5.41) is 12.1. The van der Waals surface area contributed by atoms with Crippen LogP contribution in [0, 0.1) is 20.8 Å². The van der Waals surface area contributed by atoms with Crippen LogP contribution < -0.4 is 9.64 Å². The Hall–Kier alpha value is -3.57. The van der Waals surface area contributed by atoms with Gasteiger partial charge in [-0.3, -0.25) is 14.5 Å². The molecule has 1 saturated heterocycles. The zero-order chi connectivity index (χ0) is 27.2. The maximum absolute atomic E-state index is 13.6. The second-order valence-electron chi connectivity index (χ2n) is 10.6. The highest BCUT2D eigenvalue weighted by Crippen LogP contribution is 2.44. The van der Waals surface area contributed by atoms with Gasteiger partial charge < -0.3 is 9.84 Å². The van der Waals surface area contributed by atoms with Crippen molar-refractivity contribution < 1.29 is 19.4 Å². The lowest BCUT2D eigenvalue weighted by molar-refractivity contribution is -0.132. The summed E-state index contributed by atoms with van der Waals surface area (Å²) in [6.07, 6.45) is 0. The monoisotopic (exact) mass is 517 g/mol. The highest BCUT2D eigenvalue weighted by molar-refractivity contribution is 6.52. The highest BCUT2D eigenvalue weighted by Gasteiger charge is 2.47. The van der Waals surface area contributed by atoms with Gasteiger partial charge in [-0.15, -0.1) is 0 Å². The molecule has 1 aliphatic rings. The molecule has 0 spiro atoms. The molecule has 1 fully saturated rings. The molecule has 1 aliphatic heterocycles. The molecule has 1 N–H and O–H groups in total. The molecule has 1 heterocycles. The first-order valence-electron chi connectivity index (χ1n) is 12.2. The Balaban J connectivity index is 2.00. The third kappa shape index (κ3) is 4.76. The van der Waals surface area contributed by atoms with E-state index in [1.54, 1.807) is 18.2 Å². The number of aliphatic hydroxyl groups is 1. The van der Waals surface area contributed by atoms with E-state index in [4.69, 9.17) is 16.3 Å². The molecule has 3 aromatic rings. The third-order valence-corrected chi connectivity index (χ3v) is 7.26. The second-order valence-corrected chi connectivity index (χ2v) is 11.0. The maximum atomic E-state index is 13.6. The summed E-state index contributed by atoms with van der Waals surface area (Å²) < 4.78 is 5.59. The molecular formula is C31H32ClNO4. The zero-order valence-corrected chi connectivity index (χ0v) is 23.0. The van der Waals surface area contributed by atoms with Gasteiger partial charge in [-0.1, -0.05) is 68.8 Å². The van der Waals surface area contributed by atoms with E-state index in [1.807, 2.05) is 57.2 Å². The van der Waals surface area contributed by atoms with Gasteiger partial charge in [0.25, 0.3) is 11.7 Å². The van der Waals surface area contributed by atoms with Gasteiger partial charge in [-0.2, -0.15) is 0 Å². The van der Waals surface area contributed by atoms with Crippen LogP contribution in [0.1, 0.15) is 60.2 Å². The van der Waals surface area contributed by atoms with E-state index in [1.165, 1.54) is 12.0 Å². The van der Waals surface area contributed by atoms with Gasteiger partial charge in [0.05, 0.1) is 24.3 Å². The molecule has 6 heteroatoms. The van der Waals surface area contributed by atoms with Crippen LogP contribution >= 0.6 is 11.6 Å². The molecule has 0 bridgehead atoms. The molecule has 0 saturated carbocycles. The number of carbonyl (C=O) groups excluding carboxylic acids is 2. The Kier molecular flexibility index (Phi) is 6.95. The number of halogens is 1. The molecule has 0 aromatic heterocycles. The first-order valence-corrected chi connectivity index (χ1v) is 12.6. The number of rotatable bonds is 4. The van der Waals surface area contributed by atoms with Gasteiger partial charge in [-0.05, 0) is 72.2 Å². The number of hydrogen-bond donors (Lipinski definition) is 1. The number of methoxy groups -OCH3 is 1. The topological polar surface area (TPSA) is 66.8 Å². The second kappa shape index (κ2) is 9.71. The summed E-state index contributed by atoms with van der Waals surface area (Å²) in [6.45, 7) is 12.0. The van der Waals surface area contributed by atoms with Gasteiger partial charge >= 0.3 is 0 Å². The van der Waals surface area contributed by atoms with Gasteiger partial charge in [0.1, 0.15) is 11.5 Å². The van der Waals surface area contributed by atoms with Gasteiger partial charge in [0, 0.05) is 10.7 Å². The lowest BCUT2D eigenvalue weighted by atomic mass is 9.85. The summed E-state index contributed by atoms with van der Waals surface area (Å²) in [5.74, 6) is -1.31. The Morgan fingerprint density at radius 2 is 1.59 bits per heavy atom. The van der Waals surface area contributed by atoms with Gasteiger partial charge in [0.2, 0.25) is 0 Å². The Bertz CT molecular complexity index is 1430. The number of aryl methyl sites for hydroxylation is 3. The largest absolute Gasteiger partial charge is 0.507 e. The molecule has 192 valence electrons. The standard InChI is InChI=1S/C31H32ClNO4/c1-17-14-19(3)29(37-7)23(15-17)27(34)25-26(20-9-11-21(12-10-20)31(4,5)6)33(30(36)28(25)35)22-13-8-18(2)24(32)16-22/h8-16,26,34H,1-7H3/b27-25+. The number of anilines is 1. The van der Waals surface area contributed by atoms with Crippen LogP contribution in [-0.4, -0.2) is 23.9 Å². The fourth-order valence-electron chi connectivity index (χ4n) is 4.86. The first-order chi connectivity index (χ1) is 17.3. The van der Waals surface area contributed by atoms with Crippen LogP contribution in [-0.2, 0) is 15.0 Å². The number of ketones is 1. The number of Topliss-reactive ketones (excluding diaryl/α,β-unsaturated/α-hetero) is 1. The molecule has 0 radical (unpaired) electrons. The predicted octanol–water partition coefficient (Wildman–Crippen LogP) is 7.20. The van der Waals surface area contributed by atoms with E-state index < -0.39 is 17.7 Å². The van der Waals surface area contributed by atoms with Crippen LogP contribution in [0.25, 0.3) is 5.76 Å². The van der Waals surface area contributed by atoms with Crippen molar-refractivity contribution >= 4 is 34.7 Å². The van der Waals surface area contributed by atoms with Crippen LogP contribution in [0.4, 0.5) is 5.69 Å². The van der Waals surface area contributed by atoms with E-state index in [9.17, 15) is 14.7 Å². The SMILES string of the molecule is COc1c(C)cc(C)cc1/C(O)=C1\C(=O)C(=O)N(c2ccc(C)c(Cl)c2)C1c1ccc(C(C)(C)C)cc1. The van der Waals surface area contributed by atoms with Crippen molar-refractivity contribution in [3.8, 4) is 5.75 Å². The van der Waals surface area contributed by atoms with Crippen molar-refractivity contribution in [1.82, 2.24) is 0 Å². The van der Waals surface area contributed by atoms with Crippen molar-refractivity contribution in [1.29, 1.82) is 0 Å². The summed E-state index contributed by atoms with van der Waals surface area (Å²) in [4.78, 5) is 28.5. The molecule has 0 aliphatic carbocycles. The summed E-state index contributed by atoms with van der Waals surface area (Å²) in [5.41, 5.74) is 5.17. The summed E-state index contributed by atoms with van der Waals surface area (Å²) >= 11 is 6.41. The van der Waals surface area contributed by atoms with E-state index >= 15 is 0 Å². The van der Waals surface area contributed by atoms with Crippen LogP contribution in [0.5, 0.6) is 5.75 Å². The number of carbonyl (C=O) groups is 2. The van der Waals surface area contributed by atoms with Crippen molar-refractivity contribution in [3.05, 3.63) is 98.6 Å². The molecular weight excluding hydrogens is 486 g/mol. The van der Waals surface area contributed by atoms with Crippen molar-refractivity contribution in [2.75, 3.05) is 12.0 Å². The molecule has 37 heavy (non-hydrogen) atoms. The van der Waals surface area contributed by atoms with Crippen molar-refractivity contribution in [3.63, 3.8) is 0 Å². The number of amides is 1. The fraction of sp³-hybridized carbons (Fsp3) is 0.290. The van der Waals surface area contributed by atoms with Crippen LogP contribution in [0.15, 0.2) is 60.2 Å². The van der Waals surface area contributed by atoms with E-state index in [0.29, 0.717) is 27.6 Å². The zero-order valence-electron chi connectivity index (χ0n) is 22.3. The van der Waals surface area contributed by atoms with Crippen molar-refractivity contribution in [2.45, 2.75) is 53.0 Å². The van der Waals surface area contributed by atoms with Crippen LogP contribution in [0.2, 0.25) is 5.02 Å². The number of benzene rings is 3. The quantitative estimate of drug-likeness (QED) is 0.226. The molecule has 4 rings (SSSR count). The fourth-order valence-corrected chi connectivity index (χ4v) is 5.03. The average Bonchev–Trinajstić information content (AvgIpc) is 3.10. The van der Waals surface area contributed by atoms with Crippen LogP contribution in [0.3, 0.4) is 0 Å². The van der Waals surface area contributed by atoms with Gasteiger partial charge in [0.15, 0.2) is 0 Å². The molecule has 3 aromatic carbocycles. The Morgan fingerprint density at radius 1 is 0.946 bits per heavy atom. The molecule has 1 unspecified atom stereocenters. The summed E-state index contributed by atoms with van der Waals surface area (Å²) in [6, 6.07) is 15.9. The number of aliphatic hydroxyl groups excluding tert-OH is 1. The van der Waals surface area contributed by atoms with E-state index in [0.717, 1.165) is 22.3 Å². The Labute approximate surface area is 223 Å². The number of hydrogen-bond acceptors (Lipinski definition) is 4. The predicted molar refractivity (Wildman–Crippen MR) is 149 cm³/mol. The van der Waals surface area contributed by atoms with E-state index in [2.05, 4.69) is 20.8 Å². The average molecular weight is 518 g/mol. The molecule has 1 amide bonds. The highest BCUT2D eigenvalue weighted by atomic mass is 35.5. The Morgan fingerprint density at radius 3 is 2.16 bits per heavy atom.